The second-order valence-corrected chi connectivity index (χ2v) is 17.7. The highest BCUT2D eigenvalue weighted by molar-refractivity contribution is 5.70. The van der Waals surface area contributed by atoms with Crippen molar-refractivity contribution in [3.63, 3.8) is 0 Å². The molecule has 0 N–H and O–H groups in total. The van der Waals surface area contributed by atoms with Gasteiger partial charge in [0.25, 0.3) is 0 Å². The molecule has 0 aromatic carbocycles. The summed E-state index contributed by atoms with van der Waals surface area (Å²) in [5.41, 5.74) is 0. The minimum Gasteiger partial charge on any atom is -0.545 e. The van der Waals surface area contributed by atoms with Gasteiger partial charge >= 0.3 is 11.9 Å². The molecule has 0 radical (unpaired) electrons. The summed E-state index contributed by atoms with van der Waals surface area (Å²) in [7, 11) is 5.90. The molecule has 358 valence electrons. The number of carbonyl (C=O) groups is 3. The lowest BCUT2D eigenvalue weighted by Gasteiger charge is -2.26. The summed E-state index contributed by atoms with van der Waals surface area (Å²) < 4.78 is 22.6. The third-order valence-corrected chi connectivity index (χ3v) is 10.5. The summed E-state index contributed by atoms with van der Waals surface area (Å²) in [5, 5.41) is 11.7. The first-order valence-corrected chi connectivity index (χ1v) is 24.9. The van der Waals surface area contributed by atoms with Gasteiger partial charge in [-0.15, -0.1) is 0 Å². The molecule has 2 atom stereocenters. The van der Waals surface area contributed by atoms with Gasteiger partial charge in [0.15, 0.2) is 12.4 Å². The predicted octanol–water partition coefficient (Wildman–Crippen LogP) is 12.4. The summed E-state index contributed by atoms with van der Waals surface area (Å²) in [6, 6.07) is 0. The molecule has 0 aromatic heterocycles. The maximum Gasteiger partial charge on any atom is 0.306 e. The summed E-state index contributed by atoms with van der Waals surface area (Å²) in [6.45, 7) is 4.66. The molecule has 0 aliphatic carbocycles. The first kappa shape index (κ1) is 59.0. The van der Waals surface area contributed by atoms with Crippen molar-refractivity contribution in [2.24, 2.45) is 0 Å². The van der Waals surface area contributed by atoms with E-state index in [4.69, 9.17) is 18.9 Å². The number of quaternary nitrogens is 1. The molecule has 2 unspecified atom stereocenters. The van der Waals surface area contributed by atoms with Crippen molar-refractivity contribution in [3.8, 4) is 0 Å². The number of hydrogen-bond donors (Lipinski definition) is 0. The molecule has 0 heterocycles. The highest BCUT2D eigenvalue weighted by Crippen LogP contribution is 2.14. The van der Waals surface area contributed by atoms with Crippen LogP contribution in [0, 0.1) is 0 Å². The molecule has 0 saturated heterocycles. The number of carbonyl (C=O) groups excluding carboxylic acids is 3. The van der Waals surface area contributed by atoms with Gasteiger partial charge in [-0.05, 0) is 77.0 Å². The van der Waals surface area contributed by atoms with Crippen LogP contribution >= 0.6 is 0 Å². The van der Waals surface area contributed by atoms with Crippen LogP contribution in [0.1, 0.15) is 200 Å². The van der Waals surface area contributed by atoms with Crippen LogP contribution in [0.2, 0.25) is 0 Å². The minimum absolute atomic E-state index is 0.141. The van der Waals surface area contributed by atoms with Gasteiger partial charge in [0, 0.05) is 12.8 Å². The molecule has 0 fully saturated rings. The number of unbranched alkanes of at least 4 members (excludes halogenated alkanes) is 20. The molecule has 0 spiro atoms. The fourth-order valence-electron chi connectivity index (χ4n) is 6.56. The van der Waals surface area contributed by atoms with Crippen molar-refractivity contribution in [1.82, 2.24) is 0 Å². The van der Waals surface area contributed by atoms with E-state index in [0.717, 1.165) is 89.9 Å². The van der Waals surface area contributed by atoms with Crippen molar-refractivity contribution in [2.45, 2.75) is 212 Å². The second kappa shape index (κ2) is 44.6. The van der Waals surface area contributed by atoms with Crippen LogP contribution in [0.25, 0.3) is 0 Å². The van der Waals surface area contributed by atoms with Gasteiger partial charge in [-0.1, -0.05) is 171 Å². The quantitative estimate of drug-likeness (QED) is 0.0196. The second-order valence-electron chi connectivity index (χ2n) is 17.7. The van der Waals surface area contributed by atoms with Gasteiger partial charge in [0.05, 0.1) is 40.3 Å². The zero-order valence-corrected chi connectivity index (χ0v) is 40.5. The molecule has 9 heteroatoms. The molecule has 0 bridgehead atoms. The Hall–Kier alpha value is -3.01. The van der Waals surface area contributed by atoms with Crippen molar-refractivity contribution in [1.29, 1.82) is 0 Å². The number of esters is 2. The number of allylic oxidation sites excluding steroid dienone is 10. The van der Waals surface area contributed by atoms with Crippen LogP contribution in [0.5, 0.6) is 0 Å². The molecule has 0 aromatic rings. The Balaban J connectivity index is 4.38. The first-order chi connectivity index (χ1) is 30.1. The maximum absolute atomic E-state index is 12.8. The Morgan fingerprint density at radius 1 is 0.484 bits per heavy atom. The molecule has 0 aliphatic heterocycles. The zero-order chi connectivity index (χ0) is 45.6. The first-order valence-electron chi connectivity index (χ1n) is 24.9. The lowest BCUT2D eigenvalue weighted by Crippen LogP contribution is -2.44. The number of hydrogen-bond acceptors (Lipinski definition) is 8. The van der Waals surface area contributed by atoms with Gasteiger partial charge in [0.1, 0.15) is 13.2 Å². The molecule has 0 amide bonds. The van der Waals surface area contributed by atoms with E-state index < -0.39 is 24.3 Å². The van der Waals surface area contributed by atoms with E-state index in [-0.39, 0.29) is 38.6 Å². The summed E-state index contributed by atoms with van der Waals surface area (Å²) in [4.78, 5) is 37.1. The SMILES string of the molecule is CCCC/C=C\C/C=C\CCCCCCCC(=O)OCC(COC(OCC[N+](C)(C)C)C(=O)[O-])OC(=O)CCCCCCCCCC/C=C\C/C=C\C/C=C\CCCCCCC. The average molecular weight is 872 g/mol. The average Bonchev–Trinajstić information content (AvgIpc) is 3.23. The van der Waals surface area contributed by atoms with Crippen molar-refractivity contribution in [3.05, 3.63) is 60.8 Å². The summed E-state index contributed by atoms with van der Waals surface area (Å²) >= 11 is 0. The van der Waals surface area contributed by atoms with E-state index in [9.17, 15) is 19.5 Å². The Morgan fingerprint density at radius 2 is 0.887 bits per heavy atom. The Bertz CT molecular complexity index is 1200. The van der Waals surface area contributed by atoms with E-state index in [2.05, 4.69) is 74.6 Å². The van der Waals surface area contributed by atoms with E-state index in [0.29, 0.717) is 17.4 Å². The fraction of sp³-hybridized carbons (Fsp3) is 0.755. The summed E-state index contributed by atoms with van der Waals surface area (Å²) in [5.74, 6) is -2.32. The highest BCUT2D eigenvalue weighted by atomic mass is 16.7. The molecule has 0 aliphatic rings. The molecule has 0 rings (SSSR count). The zero-order valence-electron chi connectivity index (χ0n) is 40.5. The Kier molecular flexibility index (Phi) is 42.4. The predicted molar refractivity (Wildman–Crippen MR) is 255 cm³/mol. The molecule has 0 saturated carbocycles. The smallest absolute Gasteiger partial charge is 0.306 e. The third kappa shape index (κ3) is 45.0. The van der Waals surface area contributed by atoms with Crippen LogP contribution in [0.15, 0.2) is 60.8 Å². The number of aliphatic carboxylic acids is 1. The van der Waals surface area contributed by atoms with Crippen molar-refractivity contribution < 1.29 is 42.9 Å². The van der Waals surface area contributed by atoms with Crippen LogP contribution in [0.4, 0.5) is 0 Å². The number of ether oxygens (including phenoxy) is 4. The van der Waals surface area contributed by atoms with Crippen molar-refractivity contribution in [2.75, 3.05) is 47.5 Å². The lowest BCUT2D eigenvalue weighted by molar-refractivity contribution is -0.870. The molecular weight excluding hydrogens is 779 g/mol. The Morgan fingerprint density at radius 3 is 1.34 bits per heavy atom. The van der Waals surface area contributed by atoms with Crippen molar-refractivity contribution >= 4 is 17.9 Å². The molecular formula is C53H93NO8. The van der Waals surface area contributed by atoms with Gasteiger partial charge in [-0.3, -0.25) is 9.59 Å². The van der Waals surface area contributed by atoms with Crippen LogP contribution in [-0.2, 0) is 33.3 Å². The topological polar surface area (TPSA) is 111 Å². The number of carboxylic acids is 1. The standard InChI is InChI=1S/C53H93NO8/c1-6-8-10-12-14-16-18-20-22-23-24-25-26-27-28-29-30-32-34-36-38-40-42-44-51(56)62-49(48-61-53(52(57)58)59-46-45-54(3,4)5)47-60-50(55)43-41-39-37-35-33-31-21-19-17-15-13-11-9-7-2/h13,15,18-21,23-24,26-27,49,53H,6-12,14,16-17,22,25,28-48H2,1-5H3/b15-13-,20-18-,21-19-,24-23-,27-26-. The number of carboxylic acid groups (broad SMARTS) is 1. The van der Waals surface area contributed by atoms with E-state index in [1.54, 1.807) is 0 Å². The third-order valence-electron chi connectivity index (χ3n) is 10.5. The van der Waals surface area contributed by atoms with Crippen LogP contribution in [0.3, 0.4) is 0 Å². The maximum atomic E-state index is 12.8. The van der Waals surface area contributed by atoms with Crippen LogP contribution in [-0.4, -0.2) is 82.3 Å². The number of likely N-dealkylation sites (N-methyl/N-ethyl adjacent to an activating group) is 1. The Labute approximate surface area is 380 Å². The fourth-order valence-corrected chi connectivity index (χ4v) is 6.56. The van der Waals surface area contributed by atoms with E-state index in [1.165, 1.54) is 77.0 Å². The van der Waals surface area contributed by atoms with Gasteiger partial charge in [0.2, 0.25) is 0 Å². The van der Waals surface area contributed by atoms with Gasteiger partial charge in [-0.2, -0.15) is 0 Å². The molecule has 62 heavy (non-hydrogen) atoms. The monoisotopic (exact) mass is 872 g/mol. The van der Waals surface area contributed by atoms with Gasteiger partial charge < -0.3 is 33.3 Å². The normalized spacial score (nSPS) is 13.4. The number of rotatable bonds is 45. The largest absolute Gasteiger partial charge is 0.545 e. The van der Waals surface area contributed by atoms with E-state index in [1.807, 2.05) is 21.1 Å². The van der Waals surface area contributed by atoms with Gasteiger partial charge in [-0.25, -0.2) is 0 Å². The van der Waals surface area contributed by atoms with Crippen LogP contribution < -0.4 is 5.11 Å². The highest BCUT2D eigenvalue weighted by Gasteiger charge is 2.21. The van der Waals surface area contributed by atoms with E-state index >= 15 is 0 Å². The molecule has 9 nitrogen and oxygen atoms in total. The lowest BCUT2D eigenvalue weighted by atomic mass is 10.1. The summed E-state index contributed by atoms with van der Waals surface area (Å²) in [6.07, 6.45) is 51.1. The number of nitrogens with zero attached hydrogens (tertiary/aromatic N) is 1. The minimum atomic E-state index is -1.63.